The second-order valence-electron chi connectivity index (χ2n) is 4.78. The lowest BCUT2D eigenvalue weighted by molar-refractivity contribution is 0.0955. The van der Waals surface area contributed by atoms with Crippen LogP contribution in [0.1, 0.15) is 33.8 Å². The molecule has 0 radical (unpaired) electrons. The summed E-state index contributed by atoms with van der Waals surface area (Å²) in [6.45, 7) is 0. The number of benzene rings is 2. The van der Waals surface area contributed by atoms with Gasteiger partial charge in [0.05, 0.1) is 5.56 Å². The third-order valence-electron chi connectivity index (χ3n) is 3.64. The van der Waals surface area contributed by atoms with Crippen LogP contribution in [-0.2, 0) is 6.42 Å². The van der Waals surface area contributed by atoms with Crippen LogP contribution in [0.15, 0.2) is 46.9 Å². The number of ketones is 1. The summed E-state index contributed by atoms with van der Waals surface area (Å²) in [6.07, 6.45) is 1.66. The summed E-state index contributed by atoms with van der Waals surface area (Å²) < 4.78 is 14.5. The number of carbonyl (C=O) groups is 1. The van der Waals surface area contributed by atoms with Crippen LogP contribution >= 0.6 is 15.9 Å². The van der Waals surface area contributed by atoms with Crippen LogP contribution < -0.4 is 0 Å². The maximum atomic E-state index is 13.8. The first kappa shape index (κ1) is 12.5. The van der Waals surface area contributed by atoms with Crippen LogP contribution in [0, 0.1) is 5.82 Å². The van der Waals surface area contributed by atoms with Crippen molar-refractivity contribution in [2.24, 2.45) is 0 Å². The van der Waals surface area contributed by atoms with Crippen LogP contribution in [0.3, 0.4) is 0 Å². The first-order valence-corrected chi connectivity index (χ1v) is 7.03. The SMILES string of the molecule is O=C(c1cc(Br)ccc1F)C1CCc2ccccc21. The van der Waals surface area contributed by atoms with Gasteiger partial charge < -0.3 is 0 Å². The highest BCUT2D eigenvalue weighted by Gasteiger charge is 2.30. The minimum absolute atomic E-state index is 0.122. The molecule has 19 heavy (non-hydrogen) atoms. The maximum Gasteiger partial charge on any atom is 0.173 e. The molecule has 1 aliphatic carbocycles. The summed E-state index contributed by atoms with van der Waals surface area (Å²) in [5, 5.41) is 0. The summed E-state index contributed by atoms with van der Waals surface area (Å²) in [5.74, 6) is -0.777. The molecule has 3 heteroatoms. The minimum atomic E-state index is -0.447. The Kier molecular flexibility index (Phi) is 3.23. The molecule has 0 bridgehead atoms. The molecule has 1 atom stereocenters. The van der Waals surface area contributed by atoms with Crippen molar-refractivity contribution in [2.45, 2.75) is 18.8 Å². The second-order valence-corrected chi connectivity index (χ2v) is 5.69. The molecule has 0 fully saturated rings. The van der Waals surface area contributed by atoms with Gasteiger partial charge in [0.1, 0.15) is 5.82 Å². The van der Waals surface area contributed by atoms with E-state index in [1.54, 1.807) is 12.1 Å². The van der Waals surface area contributed by atoms with Crippen molar-refractivity contribution in [3.05, 3.63) is 69.4 Å². The molecule has 2 aromatic carbocycles. The van der Waals surface area contributed by atoms with Gasteiger partial charge in [0.25, 0.3) is 0 Å². The Morgan fingerprint density at radius 1 is 1.21 bits per heavy atom. The molecule has 2 aromatic rings. The second kappa shape index (κ2) is 4.89. The summed E-state index contributed by atoms with van der Waals surface area (Å²) in [6, 6.07) is 12.4. The third kappa shape index (κ3) is 2.23. The van der Waals surface area contributed by atoms with Crippen molar-refractivity contribution < 1.29 is 9.18 Å². The number of hydrogen-bond acceptors (Lipinski definition) is 1. The Labute approximate surface area is 119 Å². The van der Waals surface area contributed by atoms with Crippen molar-refractivity contribution in [3.63, 3.8) is 0 Å². The van der Waals surface area contributed by atoms with Gasteiger partial charge >= 0.3 is 0 Å². The van der Waals surface area contributed by atoms with Crippen molar-refractivity contribution in [3.8, 4) is 0 Å². The first-order valence-electron chi connectivity index (χ1n) is 6.24. The lowest BCUT2D eigenvalue weighted by Crippen LogP contribution is -2.12. The van der Waals surface area contributed by atoms with Gasteiger partial charge in [-0.25, -0.2) is 4.39 Å². The van der Waals surface area contributed by atoms with Crippen molar-refractivity contribution in [2.75, 3.05) is 0 Å². The zero-order valence-corrected chi connectivity index (χ0v) is 11.8. The number of rotatable bonds is 2. The van der Waals surface area contributed by atoms with Crippen molar-refractivity contribution >= 4 is 21.7 Å². The zero-order valence-electron chi connectivity index (χ0n) is 10.2. The molecule has 0 saturated heterocycles. The van der Waals surface area contributed by atoms with E-state index in [-0.39, 0.29) is 17.3 Å². The highest BCUT2D eigenvalue weighted by atomic mass is 79.9. The zero-order chi connectivity index (χ0) is 13.4. The normalized spacial score (nSPS) is 17.3. The van der Waals surface area contributed by atoms with Gasteiger partial charge in [-0.15, -0.1) is 0 Å². The van der Waals surface area contributed by atoms with Gasteiger partial charge in [-0.05, 0) is 42.2 Å². The fraction of sp³-hybridized carbons (Fsp3) is 0.188. The van der Waals surface area contributed by atoms with Crippen molar-refractivity contribution in [1.82, 2.24) is 0 Å². The van der Waals surface area contributed by atoms with E-state index in [0.717, 1.165) is 22.9 Å². The molecule has 0 saturated carbocycles. The highest BCUT2D eigenvalue weighted by Crippen LogP contribution is 2.36. The molecule has 1 unspecified atom stereocenters. The first-order chi connectivity index (χ1) is 9.16. The molecule has 0 heterocycles. The fourth-order valence-electron chi connectivity index (χ4n) is 2.70. The number of halogens is 2. The molecule has 1 aliphatic rings. The van der Waals surface area contributed by atoms with Gasteiger partial charge in [0, 0.05) is 10.4 Å². The molecule has 0 aromatic heterocycles. The lowest BCUT2D eigenvalue weighted by Gasteiger charge is -2.11. The van der Waals surface area contributed by atoms with E-state index in [1.807, 2.05) is 24.3 Å². The Morgan fingerprint density at radius 3 is 2.84 bits per heavy atom. The highest BCUT2D eigenvalue weighted by molar-refractivity contribution is 9.10. The monoisotopic (exact) mass is 318 g/mol. The van der Waals surface area contributed by atoms with Crippen molar-refractivity contribution in [1.29, 1.82) is 0 Å². The minimum Gasteiger partial charge on any atom is -0.293 e. The predicted octanol–water partition coefficient (Wildman–Crippen LogP) is 4.50. The van der Waals surface area contributed by atoms with E-state index < -0.39 is 5.82 Å². The van der Waals surface area contributed by atoms with Gasteiger partial charge in [-0.1, -0.05) is 40.2 Å². The van der Waals surface area contributed by atoms with Crippen LogP contribution in [0.5, 0.6) is 0 Å². The number of aryl methyl sites for hydroxylation is 1. The average molecular weight is 319 g/mol. The predicted molar refractivity (Wildman–Crippen MR) is 75.9 cm³/mol. The fourth-order valence-corrected chi connectivity index (χ4v) is 3.06. The molecule has 0 N–H and O–H groups in total. The molecule has 0 spiro atoms. The third-order valence-corrected chi connectivity index (χ3v) is 4.14. The Hall–Kier alpha value is -1.48. The van der Waals surface area contributed by atoms with E-state index >= 15 is 0 Å². The summed E-state index contributed by atoms with van der Waals surface area (Å²) in [4.78, 5) is 12.5. The molecule has 3 rings (SSSR count). The van der Waals surface area contributed by atoms with E-state index in [9.17, 15) is 9.18 Å². The maximum absolute atomic E-state index is 13.8. The van der Waals surface area contributed by atoms with Gasteiger partial charge in [0.2, 0.25) is 0 Å². The summed E-state index contributed by atoms with van der Waals surface area (Å²) >= 11 is 3.29. The average Bonchev–Trinajstić information content (AvgIpc) is 2.84. The number of carbonyl (C=O) groups excluding carboxylic acids is 1. The number of Topliss-reactive ketones (excluding diaryl/α,β-unsaturated/α-hetero) is 1. The molecule has 96 valence electrons. The van der Waals surface area contributed by atoms with Crippen LogP contribution in [0.2, 0.25) is 0 Å². The van der Waals surface area contributed by atoms with Crippen LogP contribution in [0.4, 0.5) is 4.39 Å². The molecular formula is C16H12BrFO. The van der Waals surface area contributed by atoms with Crippen LogP contribution in [0.25, 0.3) is 0 Å². The van der Waals surface area contributed by atoms with E-state index in [1.165, 1.54) is 11.6 Å². The molecule has 1 nitrogen and oxygen atoms in total. The summed E-state index contributed by atoms with van der Waals surface area (Å²) in [5.41, 5.74) is 2.43. The van der Waals surface area contributed by atoms with E-state index in [2.05, 4.69) is 15.9 Å². The Morgan fingerprint density at radius 2 is 2.00 bits per heavy atom. The smallest absolute Gasteiger partial charge is 0.173 e. The Balaban J connectivity index is 2.00. The quantitative estimate of drug-likeness (QED) is 0.745. The number of hydrogen-bond donors (Lipinski definition) is 0. The summed E-state index contributed by atoms with van der Waals surface area (Å²) in [7, 11) is 0. The molecular weight excluding hydrogens is 307 g/mol. The topological polar surface area (TPSA) is 17.1 Å². The van der Waals surface area contributed by atoms with Gasteiger partial charge in [-0.3, -0.25) is 4.79 Å². The van der Waals surface area contributed by atoms with Gasteiger partial charge in [-0.2, -0.15) is 0 Å². The van der Waals surface area contributed by atoms with Gasteiger partial charge in [0.15, 0.2) is 5.78 Å². The number of fused-ring (bicyclic) bond motifs is 1. The standard InChI is InChI=1S/C16H12BrFO/c17-11-6-8-15(18)14(9-11)16(19)13-7-5-10-3-1-2-4-12(10)13/h1-4,6,8-9,13H,5,7H2. The van der Waals surface area contributed by atoms with Crippen LogP contribution in [-0.4, -0.2) is 5.78 Å². The molecule has 0 amide bonds. The molecule has 0 aliphatic heterocycles. The Bertz CT molecular complexity index is 651. The lowest BCUT2D eigenvalue weighted by atomic mass is 9.92. The van der Waals surface area contributed by atoms with E-state index in [0.29, 0.717) is 0 Å². The van der Waals surface area contributed by atoms with E-state index in [4.69, 9.17) is 0 Å². The largest absolute Gasteiger partial charge is 0.293 e.